The van der Waals surface area contributed by atoms with Crippen molar-refractivity contribution in [2.45, 2.75) is 19.9 Å². The summed E-state index contributed by atoms with van der Waals surface area (Å²) in [7, 11) is 0. The highest BCUT2D eigenvalue weighted by molar-refractivity contribution is 5.96. The van der Waals surface area contributed by atoms with E-state index in [4.69, 9.17) is 0 Å². The van der Waals surface area contributed by atoms with E-state index in [0.717, 1.165) is 12.1 Å². The summed E-state index contributed by atoms with van der Waals surface area (Å²) in [6.45, 7) is 2.68. The molecule has 3 amide bonds. The van der Waals surface area contributed by atoms with Crippen LogP contribution in [0.4, 0.5) is 10.7 Å². The molecule has 0 radical (unpaired) electrons. The molecule has 0 saturated heterocycles. The molecule has 0 fully saturated rings. The van der Waals surface area contributed by atoms with Gasteiger partial charge < -0.3 is 14.5 Å². The molecule has 10 nitrogen and oxygen atoms in total. The number of nitro groups is 1. The minimum absolute atomic E-state index is 0.163. The molecular weight excluding hydrogens is 286 g/mol. The van der Waals surface area contributed by atoms with E-state index in [9.17, 15) is 24.5 Å². The number of hydrogen-bond donors (Lipinski definition) is 2. The Morgan fingerprint density at radius 1 is 1.38 bits per heavy atom. The molecule has 0 atom stereocenters. The third kappa shape index (κ3) is 5.30. The molecule has 0 bridgehead atoms. The number of nitrogens with zero attached hydrogens (tertiary/aromatic N) is 1. The molecule has 0 unspecified atom stereocenters. The molecule has 10 heteroatoms. The maximum absolute atomic E-state index is 11.4. The average molecular weight is 299 g/mol. The number of hydrogen-bond acceptors (Lipinski definition) is 7. The van der Waals surface area contributed by atoms with Crippen LogP contribution in [-0.2, 0) is 9.53 Å². The highest BCUT2D eigenvalue weighted by Crippen LogP contribution is 2.16. The van der Waals surface area contributed by atoms with Crippen LogP contribution in [0.5, 0.6) is 0 Å². The second-order valence-corrected chi connectivity index (χ2v) is 4.15. The molecular formula is C11H13N3O7. The lowest BCUT2D eigenvalue weighted by atomic mass is 10.4. The summed E-state index contributed by atoms with van der Waals surface area (Å²) >= 11 is 0. The first kappa shape index (κ1) is 16.1. The predicted octanol–water partition coefficient (Wildman–Crippen LogP) is 0.579. The second-order valence-electron chi connectivity index (χ2n) is 4.15. The smallest absolute Gasteiger partial charge is 0.433 e. The van der Waals surface area contributed by atoms with Crippen LogP contribution >= 0.6 is 0 Å². The van der Waals surface area contributed by atoms with E-state index in [1.807, 2.05) is 5.32 Å². The number of rotatable bonds is 5. The van der Waals surface area contributed by atoms with Crippen molar-refractivity contribution in [2.24, 2.45) is 0 Å². The van der Waals surface area contributed by atoms with Gasteiger partial charge in [-0.25, -0.2) is 9.59 Å². The second kappa shape index (κ2) is 7.03. The molecule has 114 valence electrons. The summed E-state index contributed by atoms with van der Waals surface area (Å²) < 4.78 is 9.13. The Kier molecular flexibility index (Phi) is 5.40. The van der Waals surface area contributed by atoms with Crippen molar-refractivity contribution in [3.63, 3.8) is 0 Å². The van der Waals surface area contributed by atoms with Gasteiger partial charge in [0.25, 0.3) is 5.91 Å². The molecule has 1 aromatic heterocycles. The van der Waals surface area contributed by atoms with E-state index >= 15 is 0 Å². The fourth-order valence-electron chi connectivity index (χ4n) is 1.20. The summed E-state index contributed by atoms with van der Waals surface area (Å²) in [5.74, 6) is -2.94. The Labute approximate surface area is 118 Å². The van der Waals surface area contributed by atoms with Crippen molar-refractivity contribution < 1.29 is 28.5 Å². The molecule has 2 N–H and O–H groups in total. The third-order valence-corrected chi connectivity index (χ3v) is 1.98. The zero-order valence-electron chi connectivity index (χ0n) is 11.2. The Bertz CT molecular complexity index is 564. The maximum atomic E-state index is 11.4. The largest absolute Gasteiger partial charge is 0.450 e. The van der Waals surface area contributed by atoms with Crippen molar-refractivity contribution in [1.82, 2.24) is 10.6 Å². The minimum atomic E-state index is -1.05. The number of imide groups is 1. The Hall–Kier alpha value is -2.91. The van der Waals surface area contributed by atoms with Crippen molar-refractivity contribution in [1.29, 1.82) is 0 Å². The van der Waals surface area contributed by atoms with Gasteiger partial charge in [-0.05, 0) is 19.9 Å². The number of esters is 1. The Morgan fingerprint density at radius 3 is 2.57 bits per heavy atom. The first-order valence-electron chi connectivity index (χ1n) is 5.81. The standard InChI is InChI=1S/C11H13N3O7/c1-6(2)12-11(17)13-8(15)5-20-10(16)7-3-4-9(21-7)14(18)19/h3-4,6H,5H2,1-2H3,(H2,12,13,15,17). The topological polar surface area (TPSA) is 141 Å². The summed E-state index contributed by atoms with van der Waals surface area (Å²) in [6.07, 6.45) is 0. The third-order valence-electron chi connectivity index (χ3n) is 1.98. The zero-order chi connectivity index (χ0) is 16.0. The Balaban J connectivity index is 2.43. The van der Waals surface area contributed by atoms with Crippen LogP contribution in [0.15, 0.2) is 16.5 Å². The number of amides is 3. The van der Waals surface area contributed by atoms with Crippen molar-refractivity contribution in [2.75, 3.05) is 6.61 Å². The van der Waals surface area contributed by atoms with Gasteiger partial charge >= 0.3 is 17.9 Å². The number of furan rings is 1. The van der Waals surface area contributed by atoms with Crippen LogP contribution in [0.3, 0.4) is 0 Å². The lowest BCUT2D eigenvalue weighted by Crippen LogP contribution is -2.44. The van der Waals surface area contributed by atoms with E-state index in [1.165, 1.54) is 0 Å². The number of urea groups is 1. The van der Waals surface area contributed by atoms with E-state index in [2.05, 4.69) is 14.5 Å². The van der Waals surface area contributed by atoms with E-state index in [-0.39, 0.29) is 6.04 Å². The van der Waals surface area contributed by atoms with Gasteiger partial charge in [-0.15, -0.1) is 0 Å². The van der Waals surface area contributed by atoms with Gasteiger partial charge in [0, 0.05) is 6.04 Å². The zero-order valence-corrected chi connectivity index (χ0v) is 11.2. The van der Waals surface area contributed by atoms with Crippen LogP contribution in [-0.4, -0.2) is 35.5 Å². The van der Waals surface area contributed by atoms with Crippen molar-refractivity contribution >= 4 is 23.8 Å². The Morgan fingerprint density at radius 2 is 2.05 bits per heavy atom. The van der Waals surface area contributed by atoms with Gasteiger partial charge in [0.05, 0.1) is 6.07 Å². The lowest BCUT2D eigenvalue weighted by Gasteiger charge is -2.08. The number of carbonyl (C=O) groups is 3. The van der Waals surface area contributed by atoms with Crippen LogP contribution in [0.25, 0.3) is 0 Å². The fourth-order valence-corrected chi connectivity index (χ4v) is 1.20. The van der Waals surface area contributed by atoms with Gasteiger partial charge in [-0.2, -0.15) is 0 Å². The molecule has 21 heavy (non-hydrogen) atoms. The molecule has 1 aromatic rings. The van der Waals surface area contributed by atoms with Crippen LogP contribution in [0, 0.1) is 10.1 Å². The van der Waals surface area contributed by atoms with Crippen molar-refractivity contribution in [3.05, 3.63) is 28.0 Å². The predicted molar refractivity (Wildman–Crippen MR) is 67.5 cm³/mol. The first-order valence-corrected chi connectivity index (χ1v) is 5.81. The van der Waals surface area contributed by atoms with E-state index in [1.54, 1.807) is 13.8 Å². The van der Waals surface area contributed by atoms with Gasteiger partial charge in [-0.3, -0.25) is 20.2 Å². The molecule has 0 spiro atoms. The molecule has 0 saturated carbocycles. The highest BCUT2D eigenvalue weighted by atomic mass is 16.7. The number of ether oxygens (including phenoxy) is 1. The summed E-state index contributed by atoms with van der Waals surface area (Å²) in [6, 6.07) is 1.14. The minimum Gasteiger partial charge on any atom is -0.450 e. The van der Waals surface area contributed by atoms with Gasteiger partial charge in [0.2, 0.25) is 5.76 Å². The fraction of sp³-hybridized carbons (Fsp3) is 0.364. The van der Waals surface area contributed by atoms with Gasteiger partial charge in [-0.1, -0.05) is 0 Å². The molecule has 0 aliphatic carbocycles. The monoisotopic (exact) mass is 299 g/mol. The number of nitrogens with one attached hydrogen (secondary N) is 2. The van der Waals surface area contributed by atoms with E-state index in [0.29, 0.717) is 0 Å². The first-order chi connectivity index (χ1) is 9.79. The summed E-state index contributed by atoms with van der Waals surface area (Å²) in [5.41, 5.74) is 0. The normalized spacial score (nSPS) is 10.0. The number of carbonyl (C=O) groups excluding carboxylic acids is 3. The van der Waals surface area contributed by atoms with Crippen LogP contribution < -0.4 is 10.6 Å². The summed E-state index contributed by atoms with van der Waals surface area (Å²) in [4.78, 5) is 43.4. The molecule has 0 aliphatic heterocycles. The van der Waals surface area contributed by atoms with Crippen molar-refractivity contribution in [3.8, 4) is 0 Å². The highest BCUT2D eigenvalue weighted by Gasteiger charge is 2.19. The SMILES string of the molecule is CC(C)NC(=O)NC(=O)COC(=O)c1ccc([N+](=O)[O-])o1. The molecule has 0 aliphatic rings. The summed E-state index contributed by atoms with van der Waals surface area (Å²) in [5, 5.41) is 14.7. The molecule has 1 rings (SSSR count). The van der Waals surface area contributed by atoms with Crippen LogP contribution in [0.1, 0.15) is 24.4 Å². The van der Waals surface area contributed by atoms with Crippen LogP contribution in [0.2, 0.25) is 0 Å². The average Bonchev–Trinajstić information content (AvgIpc) is 2.84. The van der Waals surface area contributed by atoms with Gasteiger partial charge in [0.15, 0.2) is 6.61 Å². The van der Waals surface area contributed by atoms with Gasteiger partial charge in [0.1, 0.15) is 4.92 Å². The molecule has 0 aromatic carbocycles. The molecule has 1 heterocycles. The maximum Gasteiger partial charge on any atom is 0.433 e. The quantitative estimate of drug-likeness (QED) is 0.460. The lowest BCUT2D eigenvalue weighted by molar-refractivity contribution is -0.402. The van der Waals surface area contributed by atoms with E-state index < -0.39 is 41.1 Å².